The Hall–Kier alpha value is -1.61. The minimum atomic E-state index is -1.22. The average Bonchev–Trinajstić information content (AvgIpc) is 3.03. The van der Waals surface area contributed by atoms with E-state index >= 15 is 0 Å². The first-order valence-electron chi connectivity index (χ1n) is 7.06. The van der Waals surface area contributed by atoms with Crippen LogP contribution in [0.2, 0.25) is 0 Å². The van der Waals surface area contributed by atoms with Crippen molar-refractivity contribution in [1.29, 1.82) is 0 Å². The van der Waals surface area contributed by atoms with Gasteiger partial charge in [-0.1, -0.05) is 0 Å². The van der Waals surface area contributed by atoms with Crippen molar-refractivity contribution in [2.75, 3.05) is 6.61 Å². The van der Waals surface area contributed by atoms with Crippen LogP contribution in [-0.2, 0) is 4.74 Å². The summed E-state index contributed by atoms with van der Waals surface area (Å²) in [5.74, 6) is 2.30. The Morgan fingerprint density at radius 3 is 2.65 bits per heavy atom. The number of aliphatic imine (C=N–C) groups is 1. The van der Waals surface area contributed by atoms with Gasteiger partial charge in [0.05, 0.1) is 18.4 Å². The molecule has 3 aliphatic rings. The summed E-state index contributed by atoms with van der Waals surface area (Å²) in [6, 6.07) is 0. The maximum atomic E-state index is 10.4. The van der Waals surface area contributed by atoms with Gasteiger partial charge in [0.15, 0.2) is 18.3 Å². The van der Waals surface area contributed by atoms with E-state index in [2.05, 4.69) is 9.98 Å². The zero-order chi connectivity index (χ0) is 16.1. The van der Waals surface area contributed by atoms with Crippen LogP contribution >= 0.6 is 8.20 Å². The highest BCUT2D eigenvalue weighted by molar-refractivity contribution is 7.47. The summed E-state index contributed by atoms with van der Waals surface area (Å²) in [6.45, 7) is -0.408. The number of aliphatic hydroxyl groups is 4. The third-order valence-electron chi connectivity index (χ3n) is 4.09. The van der Waals surface area contributed by atoms with Gasteiger partial charge in [0.2, 0.25) is 0 Å². The Labute approximate surface area is 132 Å². The molecule has 0 bridgehead atoms. The minimum absolute atomic E-state index is 0.341. The molecule has 0 aromatic carbocycles. The largest absolute Gasteiger partial charge is 0.394 e. The quantitative estimate of drug-likeness (QED) is 0.525. The van der Waals surface area contributed by atoms with Crippen LogP contribution < -0.4 is 0 Å². The second-order valence-electron chi connectivity index (χ2n) is 5.42. The average molecular weight is 338 g/mol. The second-order valence-corrected chi connectivity index (χ2v) is 6.43. The number of hydrogen-bond acceptors (Lipinski definition) is 8. The van der Waals surface area contributed by atoms with Crippen molar-refractivity contribution >= 4 is 25.8 Å². The van der Waals surface area contributed by atoms with Gasteiger partial charge in [-0.2, -0.15) is 0 Å². The molecule has 3 aliphatic heterocycles. The molecule has 0 radical (unpaired) electrons. The zero-order valence-corrected chi connectivity index (χ0v) is 12.7. The fourth-order valence-electron chi connectivity index (χ4n) is 2.77. The summed E-state index contributed by atoms with van der Waals surface area (Å²) in [6.07, 6.45) is -0.435. The second kappa shape index (κ2) is 5.48. The lowest BCUT2D eigenvalue weighted by molar-refractivity contribution is -0.0521. The fraction of sp³-hybridized carbons (Fsp3) is 0.462. The van der Waals surface area contributed by atoms with Crippen molar-refractivity contribution in [3.05, 3.63) is 23.9 Å². The molecular formula is C13H15N4O5P. The molecule has 23 heavy (non-hydrogen) atoms. The lowest BCUT2D eigenvalue weighted by atomic mass is 10.1. The Balaban J connectivity index is 1.65. The number of aliphatic hydroxyl groups excluding tert-OH is 4. The molecule has 3 unspecified atom stereocenters. The Morgan fingerprint density at radius 1 is 1.26 bits per heavy atom. The number of ether oxygens (including phenoxy) is 1. The molecule has 4 rings (SSSR count). The lowest BCUT2D eigenvalue weighted by Crippen LogP contribution is -2.35. The van der Waals surface area contributed by atoms with Gasteiger partial charge in [-0.3, -0.25) is 9.47 Å². The molecule has 1 fully saturated rings. The number of rotatable bonds is 3. The topological polar surface area (TPSA) is 124 Å². The number of hydrogen-bond donors (Lipinski definition) is 4. The highest BCUT2D eigenvalue weighted by atomic mass is 31.1. The van der Waals surface area contributed by atoms with Gasteiger partial charge in [-0.15, -0.1) is 0 Å². The Morgan fingerprint density at radius 2 is 2.04 bits per heavy atom. The van der Waals surface area contributed by atoms with E-state index in [9.17, 15) is 20.4 Å². The van der Waals surface area contributed by atoms with Crippen LogP contribution in [0.3, 0.4) is 0 Å². The molecule has 10 heteroatoms. The smallest absolute Gasteiger partial charge is 0.179 e. The van der Waals surface area contributed by atoms with E-state index in [0.717, 1.165) is 13.6 Å². The van der Waals surface area contributed by atoms with Crippen LogP contribution in [-0.4, -0.2) is 71.6 Å². The van der Waals surface area contributed by atoms with E-state index < -0.39 is 37.4 Å². The van der Waals surface area contributed by atoms with Gasteiger partial charge in [0, 0.05) is 0 Å². The van der Waals surface area contributed by atoms with Crippen molar-refractivity contribution in [3.8, 4) is 0 Å². The maximum Gasteiger partial charge on any atom is 0.179 e. The van der Waals surface area contributed by atoms with E-state index in [1.54, 1.807) is 4.90 Å². The van der Waals surface area contributed by atoms with Crippen LogP contribution in [0.4, 0.5) is 5.82 Å². The molecule has 0 aliphatic carbocycles. The molecule has 1 aromatic rings. The molecule has 0 amide bonds. The third kappa shape index (κ3) is 2.17. The number of imidazole rings is 1. The summed E-state index contributed by atoms with van der Waals surface area (Å²) >= 11 is 0. The van der Waals surface area contributed by atoms with Gasteiger partial charge in [0.25, 0.3) is 0 Å². The molecule has 0 saturated carbocycles. The Bertz CT molecular complexity index is 717. The minimum Gasteiger partial charge on any atom is -0.394 e. The molecule has 5 atom stereocenters. The van der Waals surface area contributed by atoms with Gasteiger partial charge in [0.1, 0.15) is 30.3 Å². The fourth-order valence-corrected chi connectivity index (χ4v) is 3.35. The van der Waals surface area contributed by atoms with Gasteiger partial charge in [-0.25, -0.2) is 9.98 Å². The van der Waals surface area contributed by atoms with E-state index in [1.807, 2.05) is 11.9 Å². The predicted octanol–water partition coefficient (Wildman–Crippen LogP) is -0.936. The zero-order valence-electron chi connectivity index (χ0n) is 11.8. The molecule has 1 saturated heterocycles. The van der Waals surface area contributed by atoms with Crippen molar-refractivity contribution in [2.45, 2.75) is 30.8 Å². The van der Waals surface area contributed by atoms with Gasteiger partial charge in [-0.05, 0) is 20.1 Å². The number of nitrogens with zero attached hydrogens (tertiary/aromatic N) is 4. The third-order valence-corrected chi connectivity index (χ3v) is 5.04. The van der Waals surface area contributed by atoms with Crippen LogP contribution in [0.25, 0.3) is 0 Å². The van der Waals surface area contributed by atoms with Crippen molar-refractivity contribution in [1.82, 2.24) is 14.5 Å². The van der Waals surface area contributed by atoms with Crippen molar-refractivity contribution in [2.24, 2.45) is 4.99 Å². The molecule has 122 valence electrons. The summed E-state index contributed by atoms with van der Waals surface area (Å²) in [5.41, 5.74) is 1.25. The molecule has 0 spiro atoms. The number of fused-ring (bicyclic) bond motifs is 1. The normalized spacial score (nSPS) is 35.9. The molecule has 9 nitrogen and oxygen atoms in total. The first-order valence-corrected chi connectivity index (χ1v) is 8.02. The first kappa shape index (κ1) is 14.9. The highest BCUT2D eigenvalue weighted by Gasteiger charge is 2.45. The SMILES string of the molecule is OC[C@H]1O[C@@H](n2cnc3c2N=CN(C2=PC=C2)C3O)C(O)C1O. The summed E-state index contributed by atoms with van der Waals surface area (Å²) in [7, 11) is 0.998. The van der Waals surface area contributed by atoms with Crippen LogP contribution in [0, 0.1) is 0 Å². The molecule has 4 heterocycles. The monoisotopic (exact) mass is 338 g/mol. The van der Waals surface area contributed by atoms with Crippen molar-refractivity contribution in [3.63, 3.8) is 0 Å². The van der Waals surface area contributed by atoms with Crippen LogP contribution in [0.1, 0.15) is 18.1 Å². The van der Waals surface area contributed by atoms with E-state index in [0.29, 0.717) is 11.5 Å². The number of aromatic nitrogens is 2. The van der Waals surface area contributed by atoms with E-state index in [1.165, 1.54) is 17.2 Å². The summed E-state index contributed by atoms with van der Waals surface area (Å²) in [4.78, 5) is 10.1. The van der Waals surface area contributed by atoms with Crippen LogP contribution in [0.15, 0.2) is 23.2 Å². The van der Waals surface area contributed by atoms with Gasteiger partial charge >= 0.3 is 0 Å². The first-order chi connectivity index (χ1) is 11.1. The lowest BCUT2D eigenvalue weighted by Gasteiger charge is -2.30. The van der Waals surface area contributed by atoms with Gasteiger partial charge < -0.3 is 25.2 Å². The summed E-state index contributed by atoms with van der Waals surface area (Å²) in [5, 5.41) is 39.6. The Kier molecular flexibility index (Phi) is 3.56. The predicted molar refractivity (Wildman–Crippen MR) is 81.3 cm³/mol. The molecular weight excluding hydrogens is 323 g/mol. The summed E-state index contributed by atoms with van der Waals surface area (Å²) < 4.78 is 6.93. The van der Waals surface area contributed by atoms with Crippen molar-refractivity contribution < 1.29 is 25.2 Å². The van der Waals surface area contributed by atoms with E-state index in [4.69, 9.17) is 4.74 Å². The van der Waals surface area contributed by atoms with E-state index in [-0.39, 0.29) is 0 Å². The highest BCUT2D eigenvalue weighted by Crippen LogP contribution is 2.38. The maximum absolute atomic E-state index is 10.4. The molecule has 1 aromatic heterocycles. The standard InChI is InChI=1S/C13H15N4O5P/c18-3-6-9(19)10(20)13(22-6)17-4-14-8-11(17)15-5-16(12(8)21)7-1-2-23-7/h1-2,4-6,9-10,12-13,18-21H,3H2/t6-,9?,10?,12?,13-/m1/s1. The van der Waals surface area contributed by atoms with Crippen LogP contribution in [0.5, 0.6) is 0 Å². The molecule has 4 N–H and O–H groups in total.